The Morgan fingerprint density at radius 1 is 0.919 bits per heavy atom. The van der Waals surface area contributed by atoms with Crippen molar-refractivity contribution in [3.63, 3.8) is 0 Å². The molecule has 200 valence electrons. The fraction of sp³-hybridized carbons (Fsp3) is 0.407. The lowest BCUT2D eigenvalue weighted by Gasteiger charge is -2.34. The van der Waals surface area contributed by atoms with Gasteiger partial charge in [0.1, 0.15) is 11.7 Å². The fourth-order valence-corrected chi connectivity index (χ4v) is 3.69. The minimum absolute atomic E-state index is 0.0920. The molecule has 0 unspecified atom stereocenters. The molecule has 0 aliphatic carbocycles. The van der Waals surface area contributed by atoms with Gasteiger partial charge in [0.05, 0.1) is 13.4 Å². The molecule has 0 spiro atoms. The maximum atomic E-state index is 14.4. The number of carbonyl (C=O) groups is 3. The first-order valence-electron chi connectivity index (χ1n) is 12.3. The van der Waals surface area contributed by atoms with E-state index in [0.717, 1.165) is 0 Å². The minimum Gasteiger partial charge on any atom is -0.366 e. The first-order valence-corrected chi connectivity index (χ1v) is 12.8. The molecule has 0 bridgehead atoms. The number of benzene rings is 2. The third kappa shape index (κ3) is 9.65. The second-order valence-electron chi connectivity index (χ2n) is 7.19. The molecule has 2 aromatic carbocycles. The number of nitrogens with one attached hydrogen (secondary N) is 1. The minimum atomic E-state index is -0.655. The summed E-state index contributed by atoms with van der Waals surface area (Å²) < 4.78 is 14.4. The summed E-state index contributed by atoms with van der Waals surface area (Å²) in [5, 5.41) is 8.36. The zero-order valence-corrected chi connectivity index (χ0v) is 23.1. The molecule has 7 nitrogen and oxygen atoms in total. The molecule has 1 aliphatic rings. The Morgan fingerprint density at radius 2 is 1.43 bits per heavy atom. The molecule has 0 aromatic heterocycles. The Kier molecular flexibility index (Phi) is 16.5. The maximum absolute atomic E-state index is 14.4. The Bertz CT molecular complexity index is 1040. The third-order valence-electron chi connectivity index (χ3n) is 5.19. The van der Waals surface area contributed by atoms with Gasteiger partial charge < -0.3 is 20.9 Å². The second kappa shape index (κ2) is 18.1. The van der Waals surface area contributed by atoms with Gasteiger partial charge in [-0.3, -0.25) is 14.4 Å². The SMILES string of the molecule is CC.CC.N=C(Cc1ccc(F)c(C(=O)N2CCN(C(=O)CCl)CC2)c1)c1ccccc1C(N)=O.[B]C. The molecule has 1 saturated heterocycles. The van der Waals surface area contributed by atoms with E-state index in [4.69, 9.17) is 22.7 Å². The molecule has 3 rings (SSSR count). The standard InChI is InChI=1S/C22H22ClFN4O3.2C2H6.CH3B/c23-13-20(29)27-7-9-28(10-8-27)22(31)17-11-14(5-6-18(17)24)12-19(25)15-3-1-2-4-16(15)21(26)30;3*1-2/h1-6,11,25H,7-10,12-13H2,(H2,26,30);2*1-2H3;1H3. The molecule has 0 atom stereocenters. The van der Waals surface area contributed by atoms with Crippen molar-refractivity contribution in [1.29, 1.82) is 5.41 Å². The van der Waals surface area contributed by atoms with Crippen LogP contribution in [0.3, 0.4) is 0 Å². The van der Waals surface area contributed by atoms with Gasteiger partial charge in [0.15, 0.2) is 0 Å². The van der Waals surface area contributed by atoms with Crippen LogP contribution < -0.4 is 5.73 Å². The van der Waals surface area contributed by atoms with Crippen molar-refractivity contribution in [1.82, 2.24) is 9.80 Å². The van der Waals surface area contributed by atoms with Crippen molar-refractivity contribution in [2.24, 2.45) is 5.73 Å². The van der Waals surface area contributed by atoms with Gasteiger partial charge in [-0.15, -0.1) is 11.6 Å². The number of halogens is 2. The van der Waals surface area contributed by atoms with Gasteiger partial charge in [-0.1, -0.05) is 58.8 Å². The monoisotopic (exact) mass is 530 g/mol. The molecule has 1 fully saturated rings. The van der Waals surface area contributed by atoms with Crippen LogP contribution >= 0.6 is 11.6 Å². The topological polar surface area (TPSA) is 108 Å². The molecule has 3 N–H and O–H groups in total. The fourth-order valence-electron chi connectivity index (χ4n) is 3.52. The lowest BCUT2D eigenvalue weighted by Crippen LogP contribution is -2.51. The number of nitrogens with two attached hydrogens (primary N) is 1. The molecule has 10 heteroatoms. The van der Waals surface area contributed by atoms with E-state index < -0.39 is 17.6 Å². The molecule has 0 saturated carbocycles. The predicted octanol–water partition coefficient (Wildman–Crippen LogP) is 4.31. The number of carbonyl (C=O) groups excluding carboxylic acids is 3. The van der Waals surface area contributed by atoms with Crippen molar-refractivity contribution < 1.29 is 18.8 Å². The van der Waals surface area contributed by atoms with Crippen molar-refractivity contribution in [3.8, 4) is 0 Å². The summed E-state index contributed by atoms with van der Waals surface area (Å²) in [7, 11) is 4.50. The van der Waals surface area contributed by atoms with Crippen LogP contribution in [0.5, 0.6) is 0 Å². The second-order valence-corrected chi connectivity index (χ2v) is 7.45. The number of primary amides is 1. The number of alkyl halides is 1. The quantitative estimate of drug-likeness (QED) is 0.330. The van der Waals surface area contributed by atoms with Crippen LogP contribution in [-0.2, 0) is 11.2 Å². The summed E-state index contributed by atoms with van der Waals surface area (Å²) >= 11 is 5.57. The zero-order valence-electron chi connectivity index (χ0n) is 22.3. The first kappa shape index (κ1) is 33.8. The van der Waals surface area contributed by atoms with Crippen LogP contribution in [-0.4, -0.2) is 73.1 Å². The Morgan fingerprint density at radius 3 is 1.95 bits per heavy atom. The summed E-state index contributed by atoms with van der Waals surface area (Å²) in [5.41, 5.74) is 6.61. The summed E-state index contributed by atoms with van der Waals surface area (Å²) in [6.07, 6.45) is 0.100. The number of nitrogens with zero attached hydrogens (tertiary/aromatic N) is 2. The largest absolute Gasteiger partial charge is 0.366 e. The highest BCUT2D eigenvalue weighted by Gasteiger charge is 2.26. The van der Waals surface area contributed by atoms with Crippen LogP contribution in [0.4, 0.5) is 4.39 Å². The van der Waals surface area contributed by atoms with Crippen molar-refractivity contribution in [3.05, 3.63) is 70.5 Å². The molecule has 2 radical (unpaired) electrons. The molecular formula is C27H37BClFN4O3. The number of amides is 3. The number of piperazine rings is 1. The van der Waals surface area contributed by atoms with Gasteiger partial charge in [0.2, 0.25) is 11.8 Å². The lowest BCUT2D eigenvalue weighted by molar-refractivity contribution is -0.129. The van der Waals surface area contributed by atoms with E-state index in [-0.39, 0.29) is 48.1 Å². The Balaban J connectivity index is 0.00000201. The van der Waals surface area contributed by atoms with E-state index in [1.165, 1.54) is 29.9 Å². The molecular weight excluding hydrogens is 494 g/mol. The van der Waals surface area contributed by atoms with Crippen LogP contribution in [0.25, 0.3) is 0 Å². The van der Waals surface area contributed by atoms with Crippen molar-refractivity contribution >= 4 is 42.9 Å². The van der Waals surface area contributed by atoms with E-state index in [1.807, 2.05) is 27.7 Å². The highest BCUT2D eigenvalue weighted by molar-refractivity contribution is 6.27. The zero-order chi connectivity index (χ0) is 28.5. The molecule has 37 heavy (non-hydrogen) atoms. The predicted molar refractivity (Wildman–Crippen MR) is 149 cm³/mol. The average Bonchev–Trinajstić information content (AvgIpc) is 2.96. The maximum Gasteiger partial charge on any atom is 0.256 e. The van der Waals surface area contributed by atoms with Gasteiger partial charge in [-0.05, 0) is 23.8 Å². The van der Waals surface area contributed by atoms with Crippen LogP contribution in [0.2, 0.25) is 6.82 Å². The molecule has 1 heterocycles. The van der Waals surface area contributed by atoms with Crippen molar-refractivity contribution in [2.75, 3.05) is 32.1 Å². The van der Waals surface area contributed by atoms with Crippen LogP contribution in [0.1, 0.15) is 59.5 Å². The lowest BCUT2D eigenvalue weighted by atomic mass is 9.96. The number of hydrogen-bond donors (Lipinski definition) is 2. The van der Waals surface area contributed by atoms with Crippen molar-refractivity contribution in [2.45, 2.75) is 40.9 Å². The van der Waals surface area contributed by atoms with Crippen LogP contribution in [0.15, 0.2) is 42.5 Å². The van der Waals surface area contributed by atoms with E-state index in [2.05, 4.69) is 7.85 Å². The van der Waals surface area contributed by atoms with E-state index in [1.54, 1.807) is 29.2 Å². The van der Waals surface area contributed by atoms with E-state index in [0.29, 0.717) is 24.2 Å². The van der Waals surface area contributed by atoms with Gasteiger partial charge in [0, 0.05) is 49.4 Å². The van der Waals surface area contributed by atoms with Gasteiger partial charge in [-0.2, -0.15) is 0 Å². The average molecular weight is 531 g/mol. The van der Waals surface area contributed by atoms with E-state index >= 15 is 0 Å². The highest BCUT2D eigenvalue weighted by Crippen LogP contribution is 2.18. The Labute approximate surface area is 226 Å². The summed E-state index contributed by atoms with van der Waals surface area (Å²) in [4.78, 5) is 39.2. The summed E-state index contributed by atoms with van der Waals surface area (Å²) in [5.74, 6) is -2.08. The molecule has 3 amide bonds. The molecule has 1 aliphatic heterocycles. The smallest absolute Gasteiger partial charge is 0.256 e. The normalized spacial score (nSPS) is 12.0. The highest BCUT2D eigenvalue weighted by atomic mass is 35.5. The molecule has 2 aromatic rings. The Hall–Kier alpha value is -3.20. The first-order chi connectivity index (χ1) is 17.8. The van der Waals surface area contributed by atoms with Gasteiger partial charge in [-0.25, -0.2) is 4.39 Å². The number of rotatable bonds is 6. The van der Waals surface area contributed by atoms with Gasteiger partial charge in [0.25, 0.3) is 5.91 Å². The van der Waals surface area contributed by atoms with Crippen LogP contribution in [0, 0.1) is 11.2 Å². The van der Waals surface area contributed by atoms with Gasteiger partial charge >= 0.3 is 0 Å². The number of hydrogen-bond acceptors (Lipinski definition) is 4. The summed E-state index contributed by atoms with van der Waals surface area (Å²) in [6.45, 7) is 10.8. The summed E-state index contributed by atoms with van der Waals surface area (Å²) in [6, 6.07) is 10.7. The third-order valence-corrected chi connectivity index (χ3v) is 5.42. The van der Waals surface area contributed by atoms with E-state index in [9.17, 15) is 18.8 Å².